The van der Waals surface area contributed by atoms with E-state index < -0.39 is 56.9 Å². The van der Waals surface area contributed by atoms with Crippen molar-refractivity contribution < 1.29 is 48.1 Å². The molecule has 4 rings (SSSR count). The summed E-state index contributed by atoms with van der Waals surface area (Å²) in [6, 6.07) is 5.11. The maximum Gasteiger partial charge on any atom is 0.410 e. The summed E-state index contributed by atoms with van der Waals surface area (Å²) >= 11 is 0. The molecule has 0 fully saturated rings. The fourth-order valence-corrected chi connectivity index (χ4v) is 6.13. The summed E-state index contributed by atoms with van der Waals surface area (Å²) in [5.41, 5.74) is -1.38. The molecule has 0 saturated heterocycles. The number of hydrogen-bond acceptors (Lipinski definition) is 12. The summed E-state index contributed by atoms with van der Waals surface area (Å²) in [4.78, 5) is 103. The van der Waals surface area contributed by atoms with Crippen LogP contribution in [-0.4, -0.2) is 124 Å². The maximum absolute atomic E-state index is 13.4. The van der Waals surface area contributed by atoms with Crippen LogP contribution in [0.1, 0.15) is 83.5 Å². The third-order valence-electron chi connectivity index (χ3n) is 9.14. The summed E-state index contributed by atoms with van der Waals surface area (Å²) in [5, 5.41) is 33.0. The lowest BCUT2D eigenvalue weighted by atomic mass is 10.2. The standard InChI is InChI=1S/C40H54N12O12/c1-39(2,3)63-37(57)49(13-11-41-33(53)29-17-25(21-45(29)7)43-35(55)31-19-27(51(59)60)23-47(31)9)15-16-50(38(58)64-40(4,5)6)14-12-42-34(54)30-18-26(22-46(30)8)44-36(56)32-20-28(52(61)62)24-48(32)10/h17-24H,11-16H2,1-10H3,(H,41,53)(H,42,54)(H,43,55)(H,44,56). The molecule has 4 N–H and O–H groups in total. The largest absolute Gasteiger partial charge is 0.444 e. The van der Waals surface area contributed by atoms with Crippen LogP contribution in [0.4, 0.5) is 32.3 Å². The Hall–Kier alpha value is -7.66. The van der Waals surface area contributed by atoms with Crippen LogP contribution in [0, 0.1) is 20.2 Å². The van der Waals surface area contributed by atoms with E-state index in [1.54, 1.807) is 55.6 Å². The van der Waals surface area contributed by atoms with E-state index in [9.17, 15) is 49.0 Å². The van der Waals surface area contributed by atoms with Gasteiger partial charge >= 0.3 is 12.2 Å². The topological polar surface area (TPSA) is 281 Å². The van der Waals surface area contributed by atoms with Crippen molar-refractivity contribution in [2.75, 3.05) is 49.9 Å². The van der Waals surface area contributed by atoms with Gasteiger partial charge in [0.05, 0.1) is 33.6 Å². The van der Waals surface area contributed by atoms with Crippen LogP contribution >= 0.6 is 0 Å². The fraction of sp³-hybridized carbons (Fsp3) is 0.450. The van der Waals surface area contributed by atoms with Crippen LogP contribution in [0.25, 0.3) is 0 Å². The van der Waals surface area contributed by atoms with Gasteiger partial charge in [0.1, 0.15) is 34.0 Å². The van der Waals surface area contributed by atoms with Crippen molar-refractivity contribution in [3.05, 3.63) is 92.1 Å². The second kappa shape index (κ2) is 20.0. The van der Waals surface area contributed by atoms with Crippen molar-refractivity contribution in [2.45, 2.75) is 52.7 Å². The normalized spacial score (nSPS) is 11.3. The maximum atomic E-state index is 13.4. The zero-order valence-corrected chi connectivity index (χ0v) is 37.3. The molecule has 4 heterocycles. The van der Waals surface area contributed by atoms with Crippen molar-refractivity contribution >= 4 is 58.6 Å². The summed E-state index contributed by atoms with van der Waals surface area (Å²) in [6.45, 7) is 9.78. The van der Waals surface area contributed by atoms with Gasteiger partial charge in [-0.15, -0.1) is 0 Å². The lowest BCUT2D eigenvalue weighted by Gasteiger charge is -2.31. The van der Waals surface area contributed by atoms with Crippen LogP contribution < -0.4 is 21.3 Å². The van der Waals surface area contributed by atoms with E-state index in [2.05, 4.69) is 21.3 Å². The van der Waals surface area contributed by atoms with Gasteiger partial charge in [-0.1, -0.05) is 0 Å². The van der Waals surface area contributed by atoms with Gasteiger partial charge in [-0.2, -0.15) is 0 Å². The van der Waals surface area contributed by atoms with Crippen molar-refractivity contribution in [3.8, 4) is 0 Å². The van der Waals surface area contributed by atoms with Gasteiger partial charge in [-0.25, -0.2) is 9.59 Å². The Kier molecular flexibility index (Phi) is 15.3. The summed E-state index contributed by atoms with van der Waals surface area (Å²) in [5.74, 6) is -2.33. The van der Waals surface area contributed by atoms with E-state index in [-0.39, 0.29) is 84.8 Å². The molecule has 4 aromatic heterocycles. The van der Waals surface area contributed by atoms with Crippen LogP contribution in [0.5, 0.6) is 0 Å². The molecule has 0 aliphatic carbocycles. The highest BCUT2D eigenvalue weighted by Gasteiger charge is 2.27. The molecule has 24 nitrogen and oxygen atoms in total. The number of rotatable bonds is 17. The lowest BCUT2D eigenvalue weighted by molar-refractivity contribution is -0.385. The average Bonchev–Trinajstić information content (AvgIpc) is 3.95. The molecule has 0 radical (unpaired) electrons. The van der Waals surface area contributed by atoms with E-state index in [0.717, 1.165) is 12.1 Å². The number of anilines is 2. The smallest absolute Gasteiger partial charge is 0.410 e. The highest BCUT2D eigenvalue weighted by atomic mass is 16.6. The monoisotopic (exact) mass is 894 g/mol. The minimum atomic E-state index is -0.885. The molecular weight excluding hydrogens is 841 g/mol. The van der Waals surface area contributed by atoms with Gasteiger partial charge in [0, 0.05) is 92.0 Å². The Morgan fingerprint density at radius 3 is 1.14 bits per heavy atom. The van der Waals surface area contributed by atoms with Crippen LogP contribution in [0.15, 0.2) is 49.1 Å². The molecule has 346 valence electrons. The molecule has 0 aliphatic rings. The zero-order valence-electron chi connectivity index (χ0n) is 37.3. The number of aryl methyl sites for hydroxylation is 4. The number of nitrogens with one attached hydrogen (secondary N) is 4. The first kappa shape index (κ1) is 49.0. The van der Waals surface area contributed by atoms with Crippen molar-refractivity contribution in [2.24, 2.45) is 28.2 Å². The Bertz CT molecular complexity index is 2260. The molecule has 24 heteroatoms. The minimum absolute atomic E-state index is 0.0347. The van der Waals surface area contributed by atoms with Gasteiger partial charge < -0.3 is 58.8 Å². The Labute approximate surface area is 367 Å². The number of ether oxygens (including phenoxy) is 2. The minimum Gasteiger partial charge on any atom is -0.444 e. The number of nitro groups is 2. The molecule has 0 unspecified atom stereocenters. The molecule has 4 aromatic rings. The van der Waals surface area contributed by atoms with Crippen molar-refractivity contribution in [3.63, 3.8) is 0 Å². The Morgan fingerprint density at radius 2 is 0.844 bits per heavy atom. The SMILES string of the molecule is Cn1cc(NC(=O)c2cc([N+](=O)[O-])cn2C)cc1C(=O)NCCN(CCN(CCNC(=O)c1cc(NC(=O)c2cc([N+](=O)[O-])cn2C)cn1C)C(=O)OC(C)(C)C)C(=O)OC(C)(C)C. The fourth-order valence-electron chi connectivity index (χ4n) is 6.13. The van der Waals surface area contributed by atoms with Crippen LogP contribution in [-0.2, 0) is 37.7 Å². The number of hydrogen-bond donors (Lipinski definition) is 4. The van der Waals surface area contributed by atoms with E-state index in [1.807, 2.05) is 0 Å². The molecule has 0 bridgehead atoms. The van der Waals surface area contributed by atoms with Gasteiger partial charge in [0.25, 0.3) is 35.0 Å². The molecule has 6 amide bonds. The second-order valence-electron chi connectivity index (χ2n) is 16.7. The van der Waals surface area contributed by atoms with Crippen LogP contribution in [0.2, 0.25) is 0 Å². The third kappa shape index (κ3) is 13.4. The molecular formula is C40H54N12O12. The predicted octanol–water partition coefficient (Wildman–Crippen LogP) is 4.00. The first-order valence-corrected chi connectivity index (χ1v) is 19.8. The summed E-state index contributed by atoms with van der Waals surface area (Å²) in [6.07, 6.45) is 3.96. The van der Waals surface area contributed by atoms with E-state index in [4.69, 9.17) is 9.47 Å². The van der Waals surface area contributed by atoms with Crippen LogP contribution in [0.3, 0.4) is 0 Å². The lowest BCUT2D eigenvalue weighted by Crippen LogP contribution is -2.48. The molecule has 0 spiro atoms. The first-order valence-electron chi connectivity index (χ1n) is 19.8. The quantitative estimate of drug-likeness (QED) is 0.0865. The van der Waals surface area contributed by atoms with E-state index >= 15 is 0 Å². The van der Waals surface area contributed by atoms with Gasteiger partial charge in [-0.05, 0) is 53.7 Å². The average molecular weight is 895 g/mol. The highest BCUT2D eigenvalue weighted by Crippen LogP contribution is 2.21. The first-order chi connectivity index (χ1) is 29.7. The zero-order chi connectivity index (χ0) is 47.8. The summed E-state index contributed by atoms with van der Waals surface area (Å²) < 4.78 is 16.8. The van der Waals surface area contributed by atoms with Crippen molar-refractivity contribution in [1.29, 1.82) is 0 Å². The Morgan fingerprint density at radius 1 is 0.531 bits per heavy atom. The number of nitrogens with zero attached hydrogens (tertiary/aromatic N) is 8. The predicted molar refractivity (Wildman–Crippen MR) is 231 cm³/mol. The number of aromatic nitrogens is 4. The number of amides is 6. The number of carbonyl (C=O) groups excluding carboxylic acids is 6. The molecule has 0 aromatic carbocycles. The van der Waals surface area contributed by atoms with Gasteiger partial charge in [-0.3, -0.25) is 39.4 Å². The highest BCUT2D eigenvalue weighted by molar-refractivity contribution is 6.05. The van der Waals surface area contributed by atoms with Gasteiger partial charge in [0.2, 0.25) is 0 Å². The molecule has 64 heavy (non-hydrogen) atoms. The molecule has 0 saturated carbocycles. The molecule has 0 aliphatic heterocycles. The third-order valence-corrected chi connectivity index (χ3v) is 9.14. The van der Waals surface area contributed by atoms with Crippen molar-refractivity contribution in [1.82, 2.24) is 38.7 Å². The number of carbonyl (C=O) groups is 6. The Balaban J connectivity index is 1.39. The molecule has 0 atom stereocenters. The summed E-state index contributed by atoms with van der Waals surface area (Å²) in [7, 11) is 6.15. The second-order valence-corrected chi connectivity index (χ2v) is 16.7. The van der Waals surface area contributed by atoms with E-state index in [0.29, 0.717) is 0 Å². The van der Waals surface area contributed by atoms with Gasteiger partial charge in [0.15, 0.2) is 0 Å². The van der Waals surface area contributed by atoms with E-state index in [1.165, 1.54) is 79.1 Å².